The van der Waals surface area contributed by atoms with Gasteiger partial charge in [0.15, 0.2) is 0 Å². The molecule has 0 spiro atoms. The lowest BCUT2D eigenvalue weighted by Gasteiger charge is -2.28. The lowest BCUT2D eigenvalue weighted by molar-refractivity contribution is -0.131. The number of anilines is 1. The second-order valence-corrected chi connectivity index (χ2v) is 6.49. The summed E-state index contributed by atoms with van der Waals surface area (Å²) in [5, 5.41) is 8.50. The van der Waals surface area contributed by atoms with Crippen molar-refractivity contribution in [3.63, 3.8) is 0 Å². The number of halogens is 1. The zero-order chi connectivity index (χ0) is 14.8. The van der Waals surface area contributed by atoms with E-state index in [-0.39, 0.29) is 18.0 Å². The Morgan fingerprint density at radius 3 is 2.70 bits per heavy atom. The normalized spacial score (nSPS) is 18.4. The molecule has 5 nitrogen and oxygen atoms in total. The topological polar surface area (TPSA) is 74.7 Å². The number of nitrogens with zero attached hydrogens (tertiary/aromatic N) is 1. The molecule has 1 aromatic carbocycles. The Morgan fingerprint density at radius 1 is 1.35 bits per heavy atom. The van der Waals surface area contributed by atoms with E-state index in [9.17, 15) is 17.6 Å². The van der Waals surface area contributed by atoms with Gasteiger partial charge in [0.1, 0.15) is 5.82 Å². The average Bonchev–Trinajstić information content (AvgIpc) is 2.37. The Labute approximate surface area is 116 Å². The molecule has 0 bridgehead atoms. The van der Waals surface area contributed by atoms with E-state index in [1.165, 1.54) is 18.2 Å². The van der Waals surface area contributed by atoms with Crippen molar-refractivity contribution in [2.75, 3.05) is 16.6 Å². The van der Waals surface area contributed by atoms with Crippen molar-refractivity contribution in [1.29, 1.82) is 0 Å². The minimum absolute atomic E-state index is 0.0113. The van der Waals surface area contributed by atoms with Crippen LogP contribution in [0.15, 0.2) is 24.3 Å². The Bertz CT molecular complexity index is 654. The number of aliphatic carboxylic acids is 1. The largest absolute Gasteiger partial charge is 0.478 e. The van der Waals surface area contributed by atoms with Crippen LogP contribution in [0.2, 0.25) is 0 Å². The third kappa shape index (κ3) is 3.16. The fraction of sp³-hybridized carbons (Fsp3) is 0.308. The highest BCUT2D eigenvalue weighted by Gasteiger charge is 2.27. The molecule has 108 valence electrons. The highest BCUT2D eigenvalue weighted by atomic mass is 32.2. The third-order valence-corrected chi connectivity index (χ3v) is 4.86. The quantitative estimate of drug-likeness (QED) is 0.864. The summed E-state index contributed by atoms with van der Waals surface area (Å²) < 4.78 is 38.9. The van der Waals surface area contributed by atoms with Gasteiger partial charge in [-0.15, -0.1) is 0 Å². The monoisotopic (exact) mass is 299 g/mol. The fourth-order valence-electron chi connectivity index (χ4n) is 2.06. The third-order valence-electron chi connectivity index (χ3n) is 3.01. The van der Waals surface area contributed by atoms with Gasteiger partial charge in [-0.25, -0.2) is 17.6 Å². The van der Waals surface area contributed by atoms with Crippen LogP contribution in [-0.2, 0) is 14.8 Å². The number of sulfonamides is 1. The van der Waals surface area contributed by atoms with E-state index in [1.807, 2.05) is 0 Å². The molecular formula is C13H14FNO4S. The molecule has 1 aliphatic heterocycles. The van der Waals surface area contributed by atoms with Gasteiger partial charge in [-0.3, -0.25) is 4.31 Å². The smallest absolute Gasteiger partial charge is 0.328 e. The zero-order valence-corrected chi connectivity index (χ0v) is 11.4. The first-order chi connectivity index (χ1) is 9.40. The van der Waals surface area contributed by atoms with Crippen molar-refractivity contribution < 1.29 is 22.7 Å². The van der Waals surface area contributed by atoms with Gasteiger partial charge < -0.3 is 5.11 Å². The van der Waals surface area contributed by atoms with Crippen molar-refractivity contribution in [3.8, 4) is 0 Å². The van der Waals surface area contributed by atoms with Gasteiger partial charge in [0.25, 0.3) is 0 Å². The zero-order valence-electron chi connectivity index (χ0n) is 10.6. The molecule has 0 radical (unpaired) electrons. The van der Waals surface area contributed by atoms with E-state index in [1.54, 1.807) is 0 Å². The second kappa shape index (κ2) is 5.62. The van der Waals surface area contributed by atoms with Crippen molar-refractivity contribution in [2.45, 2.75) is 12.8 Å². The first-order valence-corrected chi connectivity index (χ1v) is 7.72. The highest BCUT2D eigenvalue weighted by Crippen LogP contribution is 2.27. The van der Waals surface area contributed by atoms with E-state index in [0.717, 1.165) is 16.4 Å². The lowest BCUT2D eigenvalue weighted by Crippen LogP contribution is -2.38. The summed E-state index contributed by atoms with van der Waals surface area (Å²) in [6.45, 7) is 0.267. The second-order valence-electron chi connectivity index (χ2n) is 4.48. The molecule has 1 aliphatic rings. The summed E-state index contributed by atoms with van der Waals surface area (Å²) in [5.41, 5.74) is 0.375. The number of carboxylic acids is 1. The molecule has 0 aromatic heterocycles. The highest BCUT2D eigenvalue weighted by molar-refractivity contribution is 7.92. The summed E-state index contributed by atoms with van der Waals surface area (Å²) in [6.07, 6.45) is 3.42. The predicted octanol–water partition coefficient (Wildman–Crippen LogP) is 1.85. The first kappa shape index (κ1) is 14.5. The van der Waals surface area contributed by atoms with Crippen LogP contribution in [0, 0.1) is 5.82 Å². The molecule has 7 heteroatoms. The van der Waals surface area contributed by atoms with Crippen molar-refractivity contribution in [1.82, 2.24) is 0 Å². The molecular weight excluding hydrogens is 285 g/mol. The van der Waals surface area contributed by atoms with Crippen LogP contribution in [0.3, 0.4) is 0 Å². The average molecular weight is 299 g/mol. The van der Waals surface area contributed by atoms with Gasteiger partial charge in [-0.1, -0.05) is 6.07 Å². The van der Waals surface area contributed by atoms with Crippen LogP contribution in [0.5, 0.6) is 0 Å². The number of carbonyl (C=O) groups is 1. The number of rotatable bonds is 3. The Hall–Kier alpha value is -1.89. The molecule has 1 fully saturated rings. The Balaban J connectivity index is 2.32. The van der Waals surface area contributed by atoms with Gasteiger partial charge in [0, 0.05) is 12.6 Å². The maximum Gasteiger partial charge on any atom is 0.328 e. The minimum Gasteiger partial charge on any atom is -0.478 e. The lowest BCUT2D eigenvalue weighted by atomic mass is 10.1. The summed E-state index contributed by atoms with van der Waals surface area (Å²) in [4.78, 5) is 10.4. The molecule has 0 aliphatic carbocycles. The molecule has 20 heavy (non-hydrogen) atoms. The predicted molar refractivity (Wildman–Crippen MR) is 73.4 cm³/mol. The van der Waals surface area contributed by atoms with Gasteiger partial charge >= 0.3 is 5.97 Å². The van der Waals surface area contributed by atoms with Gasteiger partial charge in [-0.2, -0.15) is 0 Å². The molecule has 1 aromatic rings. The van der Waals surface area contributed by atoms with Crippen LogP contribution in [-0.4, -0.2) is 31.8 Å². The van der Waals surface area contributed by atoms with Crippen LogP contribution >= 0.6 is 0 Å². The van der Waals surface area contributed by atoms with Crippen molar-refractivity contribution in [3.05, 3.63) is 35.7 Å². The van der Waals surface area contributed by atoms with Gasteiger partial charge in [0.2, 0.25) is 10.0 Å². The minimum atomic E-state index is -3.46. The van der Waals surface area contributed by atoms with E-state index in [4.69, 9.17) is 5.11 Å². The standard InChI is InChI=1S/C13H14FNO4S/c14-11-9-10(4-6-13(16)17)3-5-12(11)15-7-1-2-8-20(15,18)19/h3-6,9H,1-2,7-8H2,(H,16,17)/b6-4+. The molecule has 0 atom stereocenters. The van der Waals surface area contributed by atoms with E-state index in [2.05, 4.69) is 0 Å². The van der Waals surface area contributed by atoms with Crippen LogP contribution < -0.4 is 4.31 Å². The van der Waals surface area contributed by atoms with Gasteiger partial charge in [-0.05, 0) is 36.6 Å². The molecule has 0 saturated carbocycles. The van der Waals surface area contributed by atoms with Crippen molar-refractivity contribution >= 4 is 27.8 Å². The molecule has 0 unspecified atom stereocenters. The molecule has 2 rings (SSSR count). The van der Waals surface area contributed by atoms with E-state index in [0.29, 0.717) is 18.4 Å². The number of carboxylic acid groups (broad SMARTS) is 1. The maximum absolute atomic E-state index is 14.0. The summed E-state index contributed by atoms with van der Waals surface area (Å²) in [6, 6.07) is 3.97. The number of hydrogen-bond acceptors (Lipinski definition) is 3. The number of benzene rings is 1. The van der Waals surface area contributed by atoms with E-state index >= 15 is 0 Å². The Kier molecular flexibility index (Phi) is 4.08. The molecule has 1 heterocycles. The van der Waals surface area contributed by atoms with Crippen LogP contribution in [0.4, 0.5) is 10.1 Å². The molecule has 1 N–H and O–H groups in total. The van der Waals surface area contributed by atoms with Gasteiger partial charge in [0.05, 0.1) is 11.4 Å². The maximum atomic E-state index is 14.0. The summed E-state index contributed by atoms with van der Waals surface area (Å²) >= 11 is 0. The van der Waals surface area contributed by atoms with E-state index < -0.39 is 21.8 Å². The van der Waals surface area contributed by atoms with Crippen LogP contribution in [0.25, 0.3) is 6.08 Å². The molecule has 0 amide bonds. The molecule has 1 saturated heterocycles. The van der Waals surface area contributed by atoms with Crippen LogP contribution in [0.1, 0.15) is 18.4 Å². The Morgan fingerprint density at radius 2 is 2.10 bits per heavy atom. The fourth-order valence-corrected chi connectivity index (χ4v) is 3.70. The first-order valence-electron chi connectivity index (χ1n) is 6.11. The summed E-state index contributed by atoms with van der Waals surface area (Å²) in [7, 11) is -3.46. The van der Waals surface area contributed by atoms with Crippen molar-refractivity contribution in [2.24, 2.45) is 0 Å². The SMILES string of the molecule is O=C(O)/C=C/c1ccc(N2CCCCS2(=O)=O)c(F)c1. The number of hydrogen-bond donors (Lipinski definition) is 1. The summed E-state index contributed by atoms with van der Waals surface area (Å²) in [5.74, 6) is -1.79.